The van der Waals surface area contributed by atoms with Crippen molar-refractivity contribution in [3.63, 3.8) is 0 Å². The summed E-state index contributed by atoms with van der Waals surface area (Å²) in [6.07, 6.45) is 5.64. The molecule has 0 radical (unpaired) electrons. The summed E-state index contributed by atoms with van der Waals surface area (Å²) in [4.78, 5) is 30.6. The normalized spacial score (nSPS) is 17.7. The van der Waals surface area contributed by atoms with Crippen LogP contribution in [-0.2, 0) is 4.74 Å². The first-order chi connectivity index (χ1) is 15.2. The van der Waals surface area contributed by atoms with Crippen molar-refractivity contribution in [2.24, 2.45) is 0 Å². The molecule has 162 valence electrons. The lowest BCUT2D eigenvalue weighted by Gasteiger charge is -2.28. The maximum absolute atomic E-state index is 12.8. The number of imidazole rings is 1. The minimum Gasteiger partial charge on any atom is -0.378 e. The number of hydrogen-bond acceptors (Lipinski definition) is 4. The quantitative estimate of drug-likeness (QED) is 0.670. The van der Waals surface area contributed by atoms with E-state index in [9.17, 15) is 9.59 Å². The molecule has 5 rings (SSSR count). The zero-order valence-corrected chi connectivity index (χ0v) is 17.6. The van der Waals surface area contributed by atoms with Gasteiger partial charge in [-0.05, 0) is 55.3 Å². The molecule has 0 unspecified atom stereocenters. The molecule has 1 saturated heterocycles. The van der Waals surface area contributed by atoms with Gasteiger partial charge in [0.05, 0.1) is 24.2 Å². The first kappa shape index (κ1) is 19.9. The van der Waals surface area contributed by atoms with Crippen LogP contribution in [-0.4, -0.2) is 41.8 Å². The van der Waals surface area contributed by atoms with Crippen molar-refractivity contribution in [2.75, 3.05) is 36.5 Å². The molecule has 0 bridgehead atoms. The van der Waals surface area contributed by atoms with Gasteiger partial charge in [-0.1, -0.05) is 19.3 Å². The van der Waals surface area contributed by atoms with E-state index < -0.39 is 0 Å². The monoisotopic (exact) mass is 420 g/mol. The van der Waals surface area contributed by atoms with Crippen LogP contribution in [0, 0.1) is 0 Å². The van der Waals surface area contributed by atoms with Crippen molar-refractivity contribution in [1.29, 1.82) is 0 Å². The van der Waals surface area contributed by atoms with Crippen molar-refractivity contribution < 1.29 is 9.53 Å². The van der Waals surface area contributed by atoms with Gasteiger partial charge in [0.1, 0.15) is 0 Å². The molecule has 31 heavy (non-hydrogen) atoms. The molecule has 1 aliphatic carbocycles. The van der Waals surface area contributed by atoms with Crippen LogP contribution in [0.4, 0.5) is 11.4 Å². The van der Waals surface area contributed by atoms with Gasteiger partial charge in [0.25, 0.3) is 5.91 Å². The van der Waals surface area contributed by atoms with Gasteiger partial charge in [-0.2, -0.15) is 0 Å². The highest BCUT2D eigenvalue weighted by Crippen LogP contribution is 2.29. The summed E-state index contributed by atoms with van der Waals surface area (Å²) in [7, 11) is 0. The number of aromatic amines is 1. The van der Waals surface area contributed by atoms with Crippen LogP contribution in [0.15, 0.2) is 47.3 Å². The summed E-state index contributed by atoms with van der Waals surface area (Å²) < 4.78 is 7.27. The number of morpholine rings is 1. The molecule has 2 aromatic carbocycles. The Morgan fingerprint density at radius 1 is 1.00 bits per heavy atom. The molecule has 7 heteroatoms. The number of carbonyl (C=O) groups excluding carboxylic acids is 1. The second-order valence-corrected chi connectivity index (χ2v) is 8.42. The number of anilines is 2. The van der Waals surface area contributed by atoms with Crippen LogP contribution in [0.25, 0.3) is 11.0 Å². The number of rotatable bonds is 4. The van der Waals surface area contributed by atoms with Gasteiger partial charge in [0.2, 0.25) is 0 Å². The van der Waals surface area contributed by atoms with Crippen LogP contribution in [0.2, 0.25) is 0 Å². The average Bonchev–Trinajstić information content (AvgIpc) is 3.15. The van der Waals surface area contributed by atoms with Gasteiger partial charge in [-0.15, -0.1) is 0 Å². The Morgan fingerprint density at radius 3 is 2.48 bits per heavy atom. The van der Waals surface area contributed by atoms with Crippen molar-refractivity contribution in [1.82, 2.24) is 9.55 Å². The Balaban J connectivity index is 1.32. The van der Waals surface area contributed by atoms with E-state index in [0.29, 0.717) is 11.1 Å². The van der Waals surface area contributed by atoms with Crippen LogP contribution in [0.1, 0.15) is 48.5 Å². The number of hydrogen-bond donors (Lipinski definition) is 2. The number of amides is 1. The Bertz CT molecular complexity index is 1120. The summed E-state index contributed by atoms with van der Waals surface area (Å²) >= 11 is 0. The Kier molecular flexibility index (Phi) is 5.51. The van der Waals surface area contributed by atoms with Crippen molar-refractivity contribution in [3.8, 4) is 0 Å². The predicted molar refractivity (Wildman–Crippen MR) is 122 cm³/mol. The van der Waals surface area contributed by atoms with Gasteiger partial charge in [0, 0.05) is 36.1 Å². The number of nitrogens with zero attached hydrogens (tertiary/aromatic N) is 2. The predicted octanol–water partition coefficient (Wildman–Crippen LogP) is 3.92. The minimum absolute atomic E-state index is 0.0850. The van der Waals surface area contributed by atoms with Gasteiger partial charge in [-0.25, -0.2) is 4.79 Å². The van der Waals surface area contributed by atoms with Crippen molar-refractivity contribution in [3.05, 3.63) is 58.5 Å². The highest BCUT2D eigenvalue weighted by molar-refractivity contribution is 6.06. The highest BCUT2D eigenvalue weighted by atomic mass is 16.5. The van der Waals surface area contributed by atoms with E-state index in [2.05, 4.69) is 15.2 Å². The Labute approximate surface area is 181 Å². The van der Waals surface area contributed by atoms with Crippen LogP contribution in [0.5, 0.6) is 0 Å². The van der Waals surface area contributed by atoms with E-state index in [1.807, 2.05) is 34.9 Å². The van der Waals surface area contributed by atoms with Crippen molar-refractivity contribution >= 4 is 28.3 Å². The van der Waals surface area contributed by atoms with Crippen LogP contribution in [0.3, 0.4) is 0 Å². The van der Waals surface area contributed by atoms with Gasteiger partial charge < -0.3 is 19.9 Å². The summed E-state index contributed by atoms with van der Waals surface area (Å²) in [6.45, 7) is 3.24. The summed E-state index contributed by atoms with van der Waals surface area (Å²) in [5, 5.41) is 2.96. The van der Waals surface area contributed by atoms with Crippen molar-refractivity contribution in [2.45, 2.75) is 38.1 Å². The Morgan fingerprint density at radius 2 is 1.74 bits per heavy atom. The van der Waals surface area contributed by atoms with E-state index in [1.54, 1.807) is 12.1 Å². The Hall–Kier alpha value is -3.06. The van der Waals surface area contributed by atoms with E-state index in [-0.39, 0.29) is 17.6 Å². The molecule has 3 aromatic rings. The lowest BCUT2D eigenvalue weighted by molar-refractivity contribution is 0.102. The fourth-order valence-electron chi connectivity index (χ4n) is 4.75. The third-order valence-electron chi connectivity index (χ3n) is 6.42. The topological polar surface area (TPSA) is 79.4 Å². The molecule has 1 saturated carbocycles. The molecule has 0 atom stereocenters. The number of aromatic nitrogens is 2. The fourth-order valence-corrected chi connectivity index (χ4v) is 4.75. The standard InChI is InChI=1S/C24H28N4O3/c29-23(25-18-7-9-19(10-8-18)27-12-14-31-15-13-27)17-6-11-22-21(16-17)26-24(30)28(22)20-4-2-1-3-5-20/h6-11,16,20H,1-5,12-15H2,(H,25,29)(H,26,30). The molecular formula is C24H28N4O3. The molecule has 2 aliphatic rings. The molecule has 1 aliphatic heterocycles. The molecule has 7 nitrogen and oxygen atoms in total. The largest absolute Gasteiger partial charge is 0.378 e. The lowest BCUT2D eigenvalue weighted by atomic mass is 9.95. The van der Waals surface area contributed by atoms with Crippen LogP contribution >= 0.6 is 0 Å². The highest BCUT2D eigenvalue weighted by Gasteiger charge is 2.20. The molecule has 2 fully saturated rings. The number of benzene rings is 2. The number of ether oxygens (including phenoxy) is 1. The average molecular weight is 421 g/mol. The number of fused-ring (bicyclic) bond motifs is 1. The summed E-state index contributed by atoms with van der Waals surface area (Å²) in [5.41, 5.74) is 3.91. The van der Waals surface area contributed by atoms with E-state index in [0.717, 1.165) is 68.9 Å². The second kappa shape index (κ2) is 8.59. The smallest absolute Gasteiger partial charge is 0.326 e. The number of H-pyrrole nitrogens is 1. The third-order valence-corrected chi connectivity index (χ3v) is 6.42. The van der Waals surface area contributed by atoms with Gasteiger partial charge >= 0.3 is 5.69 Å². The maximum Gasteiger partial charge on any atom is 0.326 e. The minimum atomic E-state index is -0.188. The summed E-state index contributed by atoms with van der Waals surface area (Å²) in [6, 6.07) is 13.6. The van der Waals surface area contributed by atoms with E-state index in [4.69, 9.17) is 4.74 Å². The zero-order valence-electron chi connectivity index (χ0n) is 17.6. The maximum atomic E-state index is 12.8. The summed E-state index contributed by atoms with van der Waals surface area (Å²) in [5.74, 6) is -0.188. The molecule has 1 amide bonds. The van der Waals surface area contributed by atoms with E-state index in [1.165, 1.54) is 6.42 Å². The van der Waals surface area contributed by atoms with Crippen LogP contribution < -0.4 is 15.9 Å². The molecular weight excluding hydrogens is 392 g/mol. The van der Waals surface area contributed by atoms with E-state index >= 15 is 0 Å². The number of nitrogens with one attached hydrogen (secondary N) is 2. The molecule has 1 aromatic heterocycles. The molecule has 2 N–H and O–H groups in total. The first-order valence-corrected chi connectivity index (χ1v) is 11.2. The molecule has 2 heterocycles. The fraction of sp³-hybridized carbons (Fsp3) is 0.417. The van der Waals surface area contributed by atoms with Gasteiger partial charge in [0.15, 0.2) is 0 Å². The second-order valence-electron chi connectivity index (χ2n) is 8.42. The third kappa shape index (κ3) is 4.10. The zero-order chi connectivity index (χ0) is 21.2. The first-order valence-electron chi connectivity index (χ1n) is 11.2. The lowest BCUT2D eigenvalue weighted by Crippen LogP contribution is -2.36. The number of carbonyl (C=O) groups is 1. The molecule has 0 spiro atoms. The van der Waals surface area contributed by atoms with Gasteiger partial charge in [-0.3, -0.25) is 9.36 Å². The SMILES string of the molecule is O=C(Nc1ccc(N2CCOCC2)cc1)c1ccc2c(c1)[nH]c(=O)n2C1CCCCC1.